The molecule has 3 heterocycles. The Morgan fingerprint density at radius 1 is 1.29 bits per heavy atom. The van der Waals surface area contributed by atoms with Gasteiger partial charge in [-0.3, -0.25) is 24.6 Å². The molecule has 3 aliphatic rings. The predicted octanol–water partition coefficient (Wildman–Crippen LogP) is 1.46. The molecule has 7 nitrogen and oxygen atoms in total. The zero-order chi connectivity index (χ0) is 20.1. The largest absolute Gasteiger partial charge is 0.383 e. The Hall–Kier alpha value is -1.61. The molecule has 150 valence electrons. The summed E-state index contributed by atoms with van der Waals surface area (Å²) in [5.74, 6) is -1.43. The Bertz CT molecular complexity index is 850. The number of amides is 3. The molecule has 4 atom stereocenters. The fourth-order valence-corrected chi connectivity index (χ4v) is 5.46. The average molecular weight is 424 g/mol. The van der Waals surface area contributed by atoms with Crippen molar-refractivity contribution in [3.05, 3.63) is 28.8 Å². The third kappa shape index (κ3) is 2.62. The molecule has 0 aliphatic carbocycles. The number of hydrogen-bond acceptors (Lipinski definition) is 6. The number of anilines is 1. The highest BCUT2D eigenvalue weighted by molar-refractivity contribution is 7.98. The Morgan fingerprint density at radius 2 is 2.07 bits per heavy atom. The van der Waals surface area contributed by atoms with Gasteiger partial charge in [0.2, 0.25) is 17.7 Å². The number of likely N-dealkylation sites (tertiary alicyclic amines) is 1. The van der Waals surface area contributed by atoms with Crippen LogP contribution < -0.4 is 10.6 Å². The zero-order valence-electron chi connectivity index (χ0n) is 15.7. The van der Waals surface area contributed by atoms with Crippen LogP contribution in [0, 0.1) is 11.8 Å². The second kappa shape index (κ2) is 7.33. The number of imide groups is 1. The van der Waals surface area contributed by atoms with Gasteiger partial charge >= 0.3 is 0 Å². The Kier molecular flexibility index (Phi) is 5.16. The number of carbonyl (C=O) groups excluding carboxylic acids is 3. The topological polar surface area (TPSA) is 87.7 Å². The average Bonchev–Trinajstić information content (AvgIpc) is 3.25. The van der Waals surface area contributed by atoms with Crippen LogP contribution in [0.15, 0.2) is 18.2 Å². The molecule has 0 saturated carbocycles. The molecule has 0 bridgehead atoms. The molecule has 1 spiro atoms. The van der Waals surface area contributed by atoms with Crippen LogP contribution in [-0.4, -0.2) is 60.9 Å². The van der Waals surface area contributed by atoms with Gasteiger partial charge in [0, 0.05) is 18.7 Å². The molecule has 2 N–H and O–H groups in total. The van der Waals surface area contributed by atoms with E-state index in [2.05, 4.69) is 10.6 Å². The fourth-order valence-electron chi connectivity index (χ4n) is 4.75. The number of nitrogens with zero attached hydrogens (tertiary/aromatic N) is 1. The SMILES string of the molecule is COCCN1C(=O)[C@@H]2C(CCSC)NC3(C(=O)Nc4c(Cl)cccc43)[C@@H]2C1=O. The van der Waals surface area contributed by atoms with Gasteiger partial charge in [-0.05, 0) is 24.5 Å². The van der Waals surface area contributed by atoms with Gasteiger partial charge in [0.25, 0.3) is 0 Å². The molecular formula is C19H22ClN3O4S. The number of para-hydroxylation sites is 1. The first kappa shape index (κ1) is 19.7. The van der Waals surface area contributed by atoms with Crippen molar-refractivity contribution in [3.8, 4) is 0 Å². The maximum absolute atomic E-state index is 13.3. The van der Waals surface area contributed by atoms with E-state index in [0.29, 0.717) is 22.7 Å². The molecule has 0 radical (unpaired) electrons. The lowest BCUT2D eigenvalue weighted by atomic mass is 9.76. The number of halogens is 1. The molecule has 0 aromatic heterocycles. The number of methoxy groups -OCH3 is 1. The van der Waals surface area contributed by atoms with E-state index in [4.69, 9.17) is 16.3 Å². The fraction of sp³-hybridized carbons (Fsp3) is 0.526. The van der Waals surface area contributed by atoms with Crippen molar-refractivity contribution in [1.29, 1.82) is 0 Å². The number of hydrogen-bond donors (Lipinski definition) is 2. The number of carbonyl (C=O) groups is 3. The van der Waals surface area contributed by atoms with E-state index in [1.54, 1.807) is 30.0 Å². The lowest BCUT2D eigenvalue weighted by Gasteiger charge is -2.29. The van der Waals surface area contributed by atoms with Gasteiger partial charge in [-0.15, -0.1) is 0 Å². The normalized spacial score (nSPS) is 30.9. The molecule has 2 fully saturated rings. The van der Waals surface area contributed by atoms with Crippen LogP contribution in [0.3, 0.4) is 0 Å². The molecular weight excluding hydrogens is 402 g/mol. The van der Waals surface area contributed by atoms with E-state index in [1.807, 2.05) is 6.26 Å². The predicted molar refractivity (Wildman–Crippen MR) is 107 cm³/mol. The van der Waals surface area contributed by atoms with Gasteiger partial charge in [-0.2, -0.15) is 11.8 Å². The van der Waals surface area contributed by atoms with E-state index in [9.17, 15) is 14.4 Å². The van der Waals surface area contributed by atoms with Crippen LogP contribution in [-0.2, 0) is 24.7 Å². The molecule has 9 heteroatoms. The number of thioether (sulfide) groups is 1. The van der Waals surface area contributed by atoms with Gasteiger partial charge in [0.1, 0.15) is 5.54 Å². The summed E-state index contributed by atoms with van der Waals surface area (Å²) in [6, 6.07) is 5.00. The van der Waals surface area contributed by atoms with Crippen molar-refractivity contribution in [3.63, 3.8) is 0 Å². The summed E-state index contributed by atoms with van der Waals surface area (Å²) in [6.07, 6.45) is 2.68. The van der Waals surface area contributed by atoms with E-state index in [0.717, 1.165) is 5.75 Å². The van der Waals surface area contributed by atoms with Crippen LogP contribution in [0.4, 0.5) is 5.69 Å². The second-order valence-corrected chi connectivity index (χ2v) is 8.67. The Balaban J connectivity index is 1.82. The molecule has 1 aromatic carbocycles. The molecule has 28 heavy (non-hydrogen) atoms. The van der Waals surface area contributed by atoms with Crippen molar-refractivity contribution in [2.45, 2.75) is 18.0 Å². The highest BCUT2D eigenvalue weighted by Crippen LogP contribution is 2.54. The van der Waals surface area contributed by atoms with Crippen LogP contribution in [0.2, 0.25) is 5.02 Å². The van der Waals surface area contributed by atoms with Crippen molar-refractivity contribution in [2.24, 2.45) is 11.8 Å². The maximum atomic E-state index is 13.3. The van der Waals surface area contributed by atoms with Crippen molar-refractivity contribution in [2.75, 3.05) is 37.6 Å². The first-order chi connectivity index (χ1) is 13.5. The summed E-state index contributed by atoms with van der Waals surface area (Å²) in [5.41, 5.74) is -0.120. The lowest BCUT2D eigenvalue weighted by Crippen LogP contribution is -2.53. The zero-order valence-corrected chi connectivity index (χ0v) is 17.2. The molecule has 4 rings (SSSR count). The number of fused-ring (bicyclic) bond motifs is 4. The van der Waals surface area contributed by atoms with Gasteiger partial charge in [0.15, 0.2) is 0 Å². The number of ether oxygens (including phenoxy) is 1. The standard InChI is InChI=1S/C19H22ClN3O4S/c1-27-8-7-23-16(24)13-12(6-9-28-2)22-19(14(13)17(23)25)10-4-3-5-11(20)15(10)21-18(19)26/h3-5,12-14,22H,6-9H2,1-2H3,(H,21,26)/t12?,13-,14+,19?/m1/s1. The minimum absolute atomic E-state index is 0.191. The van der Waals surface area contributed by atoms with E-state index >= 15 is 0 Å². The Labute approximate surface area is 172 Å². The van der Waals surface area contributed by atoms with Gasteiger partial charge in [0.05, 0.1) is 35.7 Å². The minimum atomic E-state index is -1.28. The smallest absolute Gasteiger partial charge is 0.250 e. The summed E-state index contributed by atoms with van der Waals surface area (Å²) in [6.45, 7) is 0.456. The van der Waals surface area contributed by atoms with Crippen molar-refractivity contribution >= 4 is 46.8 Å². The van der Waals surface area contributed by atoms with Crippen LogP contribution in [0.1, 0.15) is 12.0 Å². The van der Waals surface area contributed by atoms with E-state index in [-0.39, 0.29) is 36.9 Å². The molecule has 3 aliphatic heterocycles. The third-order valence-corrected chi connectivity index (χ3v) is 6.90. The number of benzene rings is 1. The maximum Gasteiger partial charge on any atom is 0.250 e. The molecule has 3 amide bonds. The minimum Gasteiger partial charge on any atom is -0.383 e. The van der Waals surface area contributed by atoms with E-state index < -0.39 is 17.4 Å². The molecule has 2 saturated heterocycles. The van der Waals surface area contributed by atoms with Gasteiger partial charge < -0.3 is 10.1 Å². The summed E-state index contributed by atoms with van der Waals surface area (Å²) in [4.78, 5) is 40.9. The summed E-state index contributed by atoms with van der Waals surface area (Å²) in [7, 11) is 1.53. The third-order valence-electron chi connectivity index (χ3n) is 5.94. The van der Waals surface area contributed by atoms with Gasteiger partial charge in [-0.1, -0.05) is 23.7 Å². The monoisotopic (exact) mass is 423 g/mol. The van der Waals surface area contributed by atoms with Crippen LogP contribution in [0.5, 0.6) is 0 Å². The first-order valence-corrected chi connectivity index (χ1v) is 11.0. The van der Waals surface area contributed by atoms with Gasteiger partial charge in [-0.25, -0.2) is 0 Å². The highest BCUT2D eigenvalue weighted by atomic mass is 35.5. The summed E-state index contributed by atoms with van der Waals surface area (Å²) < 4.78 is 5.06. The summed E-state index contributed by atoms with van der Waals surface area (Å²) in [5, 5.41) is 6.64. The van der Waals surface area contributed by atoms with Crippen molar-refractivity contribution < 1.29 is 19.1 Å². The highest BCUT2D eigenvalue weighted by Gasteiger charge is 2.70. The van der Waals surface area contributed by atoms with Crippen LogP contribution in [0.25, 0.3) is 0 Å². The summed E-state index contributed by atoms with van der Waals surface area (Å²) >= 11 is 7.96. The Morgan fingerprint density at radius 3 is 2.79 bits per heavy atom. The van der Waals surface area contributed by atoms with Crippen LogP contribution >= 0.6 is 23.4 Å². The molecule has 1 aromatic rings. The number of nitrogens with one attached hydrogen (secondary N) is 2. The van der Waals surface area contributed by atoms with Crippen molar-refractivity contribution in [1.82, 2.24) is 10.2 Å². The molecule has 2 unspecified atom stereocenters. The number of rotatable bonds is 6. The quantitative estimate of drug-likeness (QED) is 0.673. The first-order valence-electron chi connectivity index (χ1n) is 9.18. The van der Waals surface area contributed by atoms with E-state index in [1.165, 1.54) is 12.0 Å². The lowest BCUT2D eigenvalue weighted by molar-refractivity contribution is -0.143. The second-order valence-electron chi connectivity index (χ2n) is 7.28.